The maximum absolute atomic E-state index is 14.3. The Hall–Kier alpha value is -3.65. The summed E-state index contributed by atoms with van der Waals surface area (Å²) in [6.07, 6.45) is 9.61. The van der Waals surface area contributed by atoms with Crippen molar-refractivity contribution in [2.45, 2.75) is 75.3 Å². The number of amides is 3. The first-order valence-corrected chi connectivity index (χ1v) is 14.8. The highest BCUT2D eigenvalue weighted by Gasteiger charge is 2.76. The average Bonchev–Trinajstić information content (AvgIpc) is 3.56. The van der Waals surface area contributed by atoms with E-state index in [1.807, 2.05) is 73.7 Å². The molecule has 5 atom stereocenters. The lowest BCUT2D eigenvalue weighted by Crippen LogP contribution is -2.55. The van der Waals surface area contributed by atoms with E-state index in [4.69, 9.17) is 9.47 Å². The van der Waals surface area contributed by atoms with Crippen LogP contribution in [0, 0.1) is 11.8 Å². The van der Waals surface area contributed by atoms with Crippen molar-refractivity contribution in [1.82, 2.24) is 15.5 Å². The van der Waals surface area contributed by atoms with Crippen LogP contribution >= 0.6 is 0 Å². The fourth-order valence-electron chi connectivity index (χ4n) is 7.33. The number of ether oxygens (including phenoxy) is 2. The molecular weight excluding hydrogens is 518 g/mol. The number of rotatable bonds is 9. The lowest BCUT2D eigenvalue weighted by atomic mass is 9.70. The first kappa shape index (κ1) is 27.5. The van der Waals surface area contributed by atoms with E-state index in [0.29, 0.717) is 19.5 Å². The molecule has 1 aliphatic carbocycles. The van der Waals surface area contributed by atoms with Gasteiger partial charge < -0.3 is 25.0 Å². The van der Waals surface area contributed by atoms with Crippen LogP contribution in [0.5, 0.6) is 5.75 Å². The van der Waals surface area contributed by atoms with E-state index in [1.54, 1.807) is 12.0 Å². The molecule has 4 aliphatic rings. The van der Waals surface area contributed by atoms with Crippen LogP contribution in [-0.4, -0.2) is 59.6 Å². The van der Waals surface area contributed by atoms with Crippen LogP contribution in [0.4, 0.5) is 0 Å². The number of nitrogens with one attached hydrogen (secondary N) is 2. The molecule has 216 valence electrons. The molecule has 2 aromatic carbocycles. The van der Waals surface area contributed by atoms with Gasteiger partial charge in [0.05, 0.1) is 24.5 Å². The third-order valence-corrected chi connectivity index (χ3v) is 9.39. The molecule has 2 saturated heterocycles. The Morgan fingerprint density at radius 3 is 2.41 bits per heavy atom. The zero-order chi connectivity index (χ0) is 28.6. The van der Waals surface area contributed by atoms with Gasteiger partial charge in [0, 0.05) is 19.1 Å². The highest BCUT2D eigenvalue weighted by Crippen LogP contribution is 2.59. The van der Waals surface area contributed by atoms with Crippen molar-refractivity contribution in [3.8, 4) is 5.75 Å². The number of hydrogen-bond acceptors (Lipinski definition) is 5. The minimum Gasteiger partial charge on any atom is -0.497 e. The van der Waals surface area contributed by atoms with Crippen molar-refractivity contribution in [2.24, 2.45) is 11.8 Å². The zero-order valence-corrected chi connectivity index (χ0v) is 23.8. The molecule has 8 heteroatoms. The van der Waals surface area contributed by atoms with Crippen molar-refractivity contribution in [2.75, 3.05) is 13.7 Å². The minimum absolute atomic E-state index is 0.117. The number of likely N-dealkylation sites (tertiary alicyclic amines) is 1. The molecule has 1 saturated carbocycles. The Labute approximate surface area is 241 Å². The minimum atomic E-state index is -1.19. The van der Waals surface area contributed by atoms with Crippen molar-refractivity contribution < 1.29 is 23.9 Å². The van der Waals surface area contributed by atoms with Gasteiger partial charge in [-0.1, -0.05) is 73.9 Å². The molecule has 3 aliphatic heterocycles. The molecule has 2 aromatic rings. The Morgan fingerprint density at radius 2 is 1.71 bits per heavy atom. The number of benzene rings is 2. The summed E-state index contributed by atoms with van der Waals surface area (Å²) in [6.45, 7) is 2.54. The SMILES string of the molecule is COc1ccc(CCN2C(=O)[C@@H]3[C@H](C(=O)NC4CCCCC4)[C@@]4(C)C=C[C@]3(O4)[C@H]2C(=O)NCc2ccccc2)cc1. The van der Waals surface area contributed by atoms with Crippen molar-refractivity contribution in [3.63, 3.8) is 0 Å². The van der Waals surface area contributed by atoms with Gasteiger partial charge in [-0.15, -0.1) is 0 Å². The second kappa shape index (κ2) is 11.0. The fraction of sp³-hybridized carbons (Fsp3) is 0.485. The summed E-state index contributed by atoms with van der Waals surface area (Å²) >= 11 is 0. The first-order chi connectivity index (χ1) is 19.8. The quantitative estimate of drug-likeness (QED) is 0.460. The lowest BCUT2D eigenvalue weighted by Gasteiger charge is -2.33. The van der Waals surface area contributed by atoms with Gasteiger partial charge in [-0.05, 0) is 49.4 Å². The number of fused-ring (bicyclic) bond motifs is 1. The second-order valence-electron chi connectivity index (χ2n) is 12.0. The van der Waals surface area contributed by atoms with E-state index in [0.717, 1.165) is 42.6 Å². The molecule has 2 N–H and O–H groups in total. The van der Waals surface area contributed by atoms with Gasteiger partial charge in [-0.25, -0.2) is 0 Å². The Bertz CT molecular complexity index is 1320. The molecule has 1 spiro atoms. The predicted molar refractivity (Wildman–Crippen MR) is 154 cm³/mol. The Morgan fingerprint density at radius 1 is 0.976 bits per heavy atom. The van der Waals surface area contributed by atoms with Gasteiger partial charge >= 0.3 is 0 Å². The summed E-state index contributed by atoms with van der Waals surface area (Å²) in [7, 11) is 1.62. The number of hydrogen-bond donors (Lipinski definition) is 2. The summed E-state index contributed by atoms with van der Waals surface area (Å²) in [5.74, 6) is -1.32. The standard InChI is InChI=1S/C33H39N3O5/c1-32-18-19-33(41-32)27(26(32)29(37)35-24-11-7-4-8-12-24)31(39)36(20-17-22-13-15-25(40-2)16-14-22)28(33)30(38)34-21-23-9-5-3-6-10-23/h3,5-6,9-10,13-16,18-19,24,26-28H,4,7-8,11-12,17,20-21H2,1-2H3,(H,34,38)(H,35,37)/t26-,27+,28-,32-,33-/m1/s1. The van der Waals surface area contributed by atoms with Crippen LogP contribution < -0.4 is 15.4 Å². The lowest BCUT2D eigenvalue weighted by molar-refractivity contribution is -0.145. The van der Waals surface area contributed by atoms with Gasteiger partial charge in [0.2, 0.25) is 17.7 Å². The highest BCUT2D eigenvalue weighted by molar-refractivity contribution is 6.00. The van der Waals surface area contributed by atoms with Crippen molar-refractivity contribution >= 4 is 17.7 Å². The van der Waals surface area contributed by atoms with E-state index in [9.17, 15) is 14.4 Å². The molecule has 41 heavy (non-hydrogen) atoms. The van der Waals surface area contributed by atoms with E-state index < -0.39 is 29.1 Å². The van der Waals surface area contributed by atoms with Crippen LogP contribution in [0.2, 0.25) is 0 Å². The predicted octanol–water partition coefficient (Wildman–Crippen LogP) is 3.54. The number of nitrogens with zero attached hydrogens (tertiary/aromatic N) is 1. The molecule has 2 bridgehead atoms. The van der Waals surface area contributed by atoms with Gasteiger partial charge in [-0.2, -0.15) is 0 Å². The molecule has 0 aromatic heterocycles. The number of methoxy groups -OCH3 is 1. The van der Waals surface area contributed by atoms with Crippen LogP contribution in [-0.2, 0) is 32.1 Å². The zero-order valence-electron chi connectivity index (χ0n) is 23.8. The molecule has 3 amide bonds. The number of carbonyl (C=O) groups is 3. The fourth-order valence-corrected chi connectivity index (χ4v) is 7.33. The molecule has 6 rings (SSSR count). The smallest absolute Gasteiger partial charge is 0.246 e. The summed E-state index contributed by atoms with van der Waals surface area (Å²) in [5.41, 5.74) is -0.149. The Balaban J connectivity index is 1.28. The Kier molecular flexibility index (Phi) is 7.36. The van der Waals surface area contributed by atoms with Crippen LogP contribution in [0.1, 0.15) is 50.2 Å². The first-order valence-electron chi connectivity index (χ1n) is 14.8. The molecular formula is C33H39N3O5. The average molecular weight is 558 g/mol. The van der Waals surface area contributed by atoms with Crippen LogP contribution in [0.3, 0.4) is 0 Å². The van der Waals surface area contributed by atoms with Crippen molar-refractivity contribution in [1.29, 1.82) is 0 Å². The summed E-state index contributed by atoms with van der Waals surface area (Å²) < 4.78 is 11.9. The summed E-state index contributed by atoms with van der Waals surface area (Å²) in [6, 6.07) is 16.6. The van der Waals surface area contributed by atoms with E-state index in [-0.39, 0.29) is 23.8 Å². The number of carbonyl (C=O) groups excluding carboxylic acids is 3. The van der Waals surface area contributed by atoms with Crippen molar-refractivity contribution in [3.05, 3.63) is 77.9 Å². The van der Waals surface area contributed by atoms with Gasteiger partial charge in [0.1, 0.15) is 17.4 Å². The van der Waals surface area contributed by atoms with Gasteiger partial charge in [0.15, 0.2) is 0 Å². The highest BCUT2D eigenvalue weighted by atomic mass is 16.5. The monoisotopic (exact) mass is 557 g/mol. The largest absolute Gasteiger partial charge is 0.497 e. The molecule has 3 heterocycles. The van der Waals surface area contributed by atoms with Gasteiger partial charge in [0.25, 0.3) is 0 Å². The van der Waals surface area contributed by atoms with E-state index in [1.165, 1.54) is 6.42 Å². The summed E-state index contributed by atoms with van der Waals surface area (Å²) in [5, 5.41) is 6.29. The molecule has 8 nitrogen and oxygen atoms in total. The molecule has 3 fully saturated rings. The van der Waals surface area contributed by atoms with Gasteiger partial charge in [-0.3, -0.25) is 14.4 Å². The topological polar surface area (TPSA) is 97.0 Å². The normalized spacial score (nSPS) is 30.3. The molecule has 0 unspecified atom stereocenters. The van der Waals surface area contributed by atoms with E-state index in [2.05, 4.69) is 10.6 Å². The second-order valence-corrected chi connectivity index (χ2v) is 12.0. The maximum Gasteiger partial charge on any atom is 0.246 e. The van der Waals surface area contributed by atoms with E-state index >= 15 is 0 Å². The molecule has 0 radical (unpaired) electrons. The third-order valence-electron chi connectivity index (χ3n) is 9.39. The van der Waals surface area contributed by atoms with Crippen LogP contribution in [0.15, 0.2) is 66.7 Å². The summed E-state index contributed by atoms with van der Waals surface area (Å²) in [4.78, 5) is 43.7. The van der Waals surface area contributed by atoms with Crippen LogP contribution in [0.25, 0.3) is 0 Å². The maximum atomic E-state index is 14.3. The third kappa shape index (κ3) is 4.92.